The molecule has 72 valence electrons. The number of fused-ring (bicyclic) bond motifs is 1. The normalized spacial score (nSPS) is 10.6. The molecule has 2 aromatic rings. The van der Waals surface area contributed by atoms with E-state index in [2.05, 4.69) is 20.9 Å². The number of aromatic amines is 1. The first-order chi connectivity index (χ1) is 6.59. The Labute approximate surface area is 87.9 Å². The second-order valence-corrected chi connectivity index (χ2v) is 3.78. The van der Waals surface area contributed by atoms with E-state index in [-0.39, 0.29) is 5.56 Å². The van der Waals surface area contributed by atoms with Gasteiger partial charge in [0.25, 0.3) is 0 Å². The van der Waals surface area contributed by atoms with Gasteiger partial charge >= 0.3 is 5.97 Å². The van der Waals surface area contributed by atoms with Crippen molar-refractivity contribution in [3.63, 3.8) is 0 Å². The number of benzene rings is 1. The van der Waals surface area contributed by atoms with Crippen LogP contribution < -0.4 is 5.73 Å². The lowest BCUT2D eigenvalue weighted by atomic mass is 10.1. The Hall–Kier alpha value is -1.49. The van der Waals surface area contributed by atoms with E-state index in [0.29, 0.717) is 11.2 Å². The van der Waals surface area contributed by atoms with Crippen LogP contribution in [0.5, 0.6) is 0 Å². The third-order valence-corrected chi connectivity index (χ3v) is 2.63. The molecule has 1 aromatic carbocycles. The van der Waals surface area contributed by atoms with Crippen LogP contribution in [0.4, 0.5) is 5.69 Å². The van der Waals surface area contributed by atoms with Crippen molar-refractivity contribution in [2.75, 3.05) is 5.73 Å². The number of H-pyrrole nitrogens is 1. The van der Waals surface area contributed by atoms with Crippen LogP contribution in [0.25, 0.3) is 10.9 Å². The molecule has 0 radical (unpaired) electrons. The number of carboxylic acids is 1. The minimum Gasteiger partial charge on any atom is -0.478 e. The molecule has 0 saturated carbocycles. The fourth-order valence-electron chi connectivity index (χ4n) is 1.38. The van der Waals surface area contributed by atoms with E-state index in [1.165, 1.54) is 6.07 Å². The summed E-state index contributed by atoms with van der Waals surface area (Å²) >= 11 is 3.32. The van der Waals surface area contributed by atoms with Crippen molar-refractivity contribution in [2.45, 2.75) is 0 Å². The molecule has 0 saturated heterocycles. The number of hydrogen-bond acceptors (Lipinski definition) is 2. The van der Waals surface area contributed by atoms with Crippen molar-refractivity contribution < 1.29 is 9.90 Å². The summed E-state index contributed by atoms with van der Waals surface area (Å²) in [6.07, 6.45) is 1.73. The average Bonchev–Trinajstić information content (AvgIpc) is 2.48. The van der Waals surface area contributed by atoms with Crippen LogP contribution >= 0.6 is 15.9 Å². The molecule has 0 amide bonds. The van der Waals surface area contributed by atoms with E-state index in [9.17, 15) is 4.79 Å². The lowest BCUT2D eigenvalue weighted by molar-refractivity contribution is 0.0697. The number of aromatic carboxylic acids is 1. The summed E-state index contributed by atoms with van der Waals surface area (Å²) in [6, 6.07) is 3.00. The maximum atomic E-state index is 10.7. The van der Waals surface area contributed by atoms with Gasteiger partial charge in [-0.15, -0.1) is 0 Å². The van der Waals surface area contributed by atoms with Gasteiger partial charge in [0.15, 0.2) is 0 Å². The number of rotatable bonds is 1. The topological polar surface area (TPSA) is 79.1 Å². The number of nitrogen functional groups attached to an aromatic ring is 1. The van der Waals surface area contributed by atoms with Gasteiger partial charge in [-0.05, 0) is 28.1 Å². The van der Waals surface area contributed by atoms with Crippen molar-refractivity contribution in [1.82, 2.24) is 4.98 Å². The van der Waals surface area contributed by atoms with Gasteiger partial charge in [0, 0.05) is 27.3 Å². The second kappa shape index (κ2) is 3.02. The van der Waals surface area contributed by atoms with E-state index in [1.807, 2.05) is 0 Å². The van der Waals surface area contributed by atoms with Crippen molar-refractivity contribution in [3.05, 3.63) is 28.4 Å². The van der Waals surface area contributed by atoms with Crippen LogP contribution in [-0.2, 0) is 0 Å². The highest BCUT2D eigenvalue weighted by Crippen LogP contribution is 2.29. The number of nitrogens with one attached hydrogen (secondary N) is 1. The van der Waals surface area contributed by atoms with Gasteiger partial charge in [-0.3, -0.25) is 0 Å². The van der Waals surface area contributed by atoms with Crippen LogP contribution in [0.15, 0.2) is 22.8 Å². The summed E-state index contributed by atoms with van der Waals surface area (Å²) in [6.45, 7) is 0. The Bertz CT molecular complexity index is 519. The zero-order valence-corrected chi connectivity index (χ0v) is 8.63. The van der Waals surface area contributed by atoms with Crippen molar-refractivity contribution in [2.24, 2.45) is 0 Å². The van der Waals surface area contributed by atoms with Gasteiger partial charge in [-0.25, -0.2) is 4.79 Å². The Balaban J connectivity index is 2.80. The quantitative estimate of drug-likeness (QED) is 0.683. The monoisotopic (exact) mass is 254 g/mol. The minimum absolute atomic E-state index is 0.185. The van der Waals surface area contributed by atoms with Gasteiger partial charge in [0.05, 0.1) is 5.56 Å². The Morgan fingerprint density at radius 2 is 2.21 bits per heavy atom. The Kier molecular flexibility index (Phi) is 1.96. The molecule has 0 bridgehead atoms. The predicted octanol–water partition coefficient (Wildman–Crippen LogP) is 2.21. The molecule has 0 aliphatic carbocycles. The number of nitrogens with two attached hydrogens (primary N) is 1. The van der Waals surface area contributed by atoms with Gasteiger partial charge < -0.3 is 15.8 Å². The minimum atomic E-state index is -0.982. The number of anilines is 1. The first-order valence-corrected chi connectivity index (χ1v) is 4.68. The van der Waals surface area contributed by atoms with E-state index < -0.39 is 5.97 Å². The van der Waals surface area contributed by atoms with Crippen LogP contribution in [-0.4, -0.2) is 16.1 Å². The fraction of sp³-hybridized carbons (Fsp3) is 0. The molecule has 1 heterocycles. The zero-order chi connectivity index (χ0) is 10.3. The lowest BCUT2D eigenvalue weighted by Crippen LogP contribution is -1.98. The molecule has 4 nitrogen and oxygen atoms in total. The smallest absolute Gasteiger partial charge is 0.335 e. The summed E-state index contributed by atoms with van der Waals surface area (Å²) in [5.41, 5.74) is 7.08. The molecule has 0 atom stereocenters. The van der Waals surface area contributed by atoms with Gasteiger partial charge in [-0.1, -0.05) is 0 Å². The molecule has 0 aliphatic rings. The molecule has 0 spiro atoms. The lowest BCUT2D eigenvalue weighted by Gasteiger charge is -2.00. The molecule has 0 aliphatic heterocycles. The summed E-state index contributed by atoms with van der Waals surface area (Å²) in [5.74, 6) is -0.982. The highest BCUT2D eigenvalue weighted by molar-refractivity contribution is 9.10. The first-order valence-electron chi connectivity index (χ1n) is 3.89. The molecule has 14 heavy (non-hydrogen) atoms. The number of aromatic nitrogens is 1. The van der Waals surface area contributed by atoms with E-state index >= 15 is 0 Å². The molecule has 2 rings (SSSR count). The molecule has 5 heteroatoms. The third kappa shape index (κ3) is 1.26. The summed E-state index contributed by atoms with van der Waals surface area (Å²) < 4.78 is 0.835. The molecule has 0 unspecified atom stereocenters. The summed E-state index contributed by atoms with van der Waals surface area (Å²) in [7, 11) is 0. The number of carbonyl (C=O) groups is 1. The van der Waals surface area contributed by atoms with Crippen LogP contribution in [0, 0.1) is 0 Å². The highest BCUT2D eigenvalue weighted by atomic mass is 79.9. The van der Waals surface area contributed by atoms with Crippen molar-refractivity contribution >= 4 is 38.5 Å². The SMILES string of the molecule is Nc1cc(C(=O)O)cc2[nH]cc(Br)c12. The summed E-state index contributed by atoms with van der Waals surface area (Å²) in [4.78, 5) is 13.7. The second-order valence-electron chi connectivity index (χ2n) is 2.93. The fourth-order valence-corrected chi connectivity index (χ4v) is 1.94. The van der Waals surface area contributed by atoms with Crippen LogP contribution in [0.3, 0.4) is 0 Å². The van der Waals surface area contributed by atoms with E-state index in [0.717, 1.165) is 9.86 Å². The maximum absolute atomic E-state index is 10.7. The molecular formula is C9H7BrN2O2. The van der Waals surface area contributed by atoms with Crippen LogP contribution in [0.1, 0.15) is 10.4 Å². The standard InChI is InChI=1S/C9H7BrN2O2/c10-5-3-12-7-2-4(9(13)14)1-6(11)8(5)7/h1-3,12H,11H2,(H,13,14). The predicted molar refractivity (Wildman–Crippen MR) is 57.4 cm³/mol. The molecule has 1 aromatic heterocycles. The van der Waals surface area contributed by atoms with Crippen molar-refractivity contribution in [3.8, 4) is 0 Å². The van der Waals surface area contributed by atoms with Gasteiger partial charge in [0.2, 0.25) is 0 Å². The zero-order valence-electron chi connectivity index (χ0n) is 7.04. The Morgan fingerprint density at radius 3 is 2.86 bits per heavy atom. The Morgan fingerprint density at radius 1 is 1.50 bits per heavy atom. The molecule has 0 fully saturated rings. The molecule has 4 N–H and O–H groups in total. The average molecular weight is 255 g/mol. The van der Waals surface area contributed by atoms with Gasteiger partial charge in [-0.2, -0.15) is 0 Å². The largest absolute Gasteiger partial charge is 0.478 e. The first kappa shape index (κ1) is 9.08. The van der Waals surface area contributed by atoms with E-state index in [1.54, 1.807) is 12.3 Å². The maximum Gasteiger partial charge on any atom is 0.335 e. The highest BCUT2D eigenvalue weighted by Gasteiger charge is 2.10. The summed E-state index contributed by atoms with van der Waals surface area (Å²) in [5, 5.41) is 9.61. The van der Waals surface area contributed by atoms with Crippen molar-refractivity contribution in [1.29, 1.82) is 0 Å². The third-order valence-electron chi connectivity index (χ3n) is 2.01. The van der Waals surface area contributed by atoms with Gasteiger partial charge in [0.1, 0.15) is 0 Å². The molecular weight excluding hydrogens is 248 g/mol. The van der Waals surface area contributed by atoms with Crippen LogP contribution in [0.2, 0.25) is 0 Å². The number of carboxylic acid groups (broad SMARTS) is 1. The number of hydrogen-bond donors (Lipinski definition) is 3. The number of halogens is 1. The van der Waals surface area contributed by atoms with E-state index in [4.69, 9.17) is 10.8 Å².